The molecule has 6 aromatic rings. The minimum atomic E-state index is 1.01. The summed E-state index contributed by atoms with van der Waals surface area (Å²) in [5.41, 5.74) is 5.81. The van der Waals surface area contributed by atoms with Crippen LogP contribution in [0.2, 0.25) is 0 Å². The molecule has 0 spiro atoms. The zero-order valence-electron chi connectivity index (χ0n) is 18.7. The van der Waals surface area contributed by atoms with Gasteiger partial charge < -0.3 is 0 Å². The molecule has 0 radical (unpaired) electrons. The van der Waals surface area contributed by atoms with Gasteiger partial charge in [-0.3, -0.25) is 4.98 Å². The van der Waals surface area contributed by atoms with Crippen molar-refractivity contribution in [2.24, 2.45) is 0 Å². The Morgan fingerprint density at radius 1 is 0.412 bits per heavy atom. The molecular weight excluding hydrogens is 410 g/mol. The van der Waals surface area contributed by atoms with E-state index in [9.17, 15) is 0 Å². The summed E-state index contributed by atoms with van der Waals surface area (Å²) >= 11 is 0. The van der Waals surface area contributed by atoms with Crippen LogP contribution in [0.5, 0.6) is 0 Å². The highest BCUT2D eigenvalue weighted by Gasteiger charge is 2.14. The van der Waals surface area contributed by atoms with E-state index in [1.165, 1.54) is 43.8 Å². The van der Waals surface area contributed by atoms with Crippen molar-refractivity contribution < 1.29 is 0 Å². The molecule has 0 N–H and O–H groups in total. The van der Waals surface area contributed by atoms with Crippen molar-refractivity contribution >= 4 is 56.8 Å². The van der Waals surface area contributed by atoms with Crippen molar-refractivity contribution in [3.05, 3.63) is 138 Å². The van der Waals surface area contributed by atoms with Gasteiger partial charge in [0, 0.05) is 22.4 Å². The number of rotatable bonds is 4. The molecule has 6 rings (SSSR count). The summed E-state index contributed by atoms with van der Waals surface area (Å²) in [6.07, 6.45) is 10.9. The third-order valence-electron chi connectivity index (χ3n) is 6.33. The summed E-state index contributed by atoms with van der Waals surface area (Å²) in [5.74, 6) is 0. The molecular formula is C33H23N. The zero-order valence-corrected chi connectivity index (χ0v) is 18.7. The molecule has 0 saturated heterocycles. The number of fused-ring (bicyclic) bond motifs is 4. The van der Waals surface area contributed by atoms with E-state index in [1.54, 1.807) is 0 Å². The first-order valence-electron chi connectivity index (χ1n) is 11.6. The number of benzene rings is 5. The van der Waals surface area contributed by atoms with Gasteiger partial charge in [-0.05, 0) is 39.1 Å². The van der Waals surface area contributed by atoms with E-state index in [1.807, 2.05) is 12.3 Å². The lowest BCUT2D eigenvalue weighted by Gasteiger charge is -2.15. The first-order valence-corrected chi connectivity index (χ1v) is 11.6. The molecule has 34 heavy (non-hydrogen) atoms. The lowest BCUT2D eigenvalue weighted by molar-refractivity contribution is 1.44. The van der Waals surface area contributed by atoms with Gasteiger partial charge in [0.15, 0.2) is 0 Å². The Labute approximate surface area is 199 Å². The van der Waals surface area contributed by atoms with Crippen LogP contribution < -0.4 is 0 Å². The van der Waals surface area contributed by atoms with E-state index in [2.05, 4.69) is 127 Å². The van der Waals surface area contributed by atoms with Crippen molar-refractivity contribution in [2.75, 3.05) is 0 Å². The molecule has 0 saturated carbocycles. The molecule has 1 heteroatoms. The Kier molecular flexibility index (Phi) is 5.21. The van der Waals surface area contributed by atoms with E-state index in [4.69, 9.17) is 4.98 Å². The van der Waals surface area contributed by atoms with Gasteiger partial charge in [0.2, 0.25) is 0 Å². The molecule has 0 aliphatic carbocycles. The number of nitrogens with zero attached hydrogens (tertiary/aromatic N) is 1. The van der Waals surface area contributed by atoms with Gasteiger partial charge in [-0.15, -0.1) is 0 Å². The van der Waals surface area contributed by atoms with Crippen LogP contribution in [0, 0.1) is 0 Å². The number of para-hydroxylation sites is 1. The average Bonchev–Trinajstić information content (AvgIpc) is 2.91. The largest absolute Gasteiger partial charge is 0.256 e. The fraction of sp³-hybridized carbons (Fsp3) is 0. The SMILES string of the molecule is C(=Cc1c2ccccc2c(C=Cc2ccccc2)c2c1cnc1ccccc12)c1ccccc1. The summed E-state index contributed by atoms with van der Waals surface area (Å²) in [5, 5.41) is 6.05. The highest BCUT2D eigenvalue weighted by atomic mass is 14.6. The zero-order chi connectivity index (χ0) is 22.7. The lowest BCUT2D eigenvalue weighted by Crippen LogP contribution is -1.92. The van der Waals surface area contributed by atoms with Crippen molar-refractivity contribution in [1.82, 2.24) is 4.98 Å². The van der Waals surface area contributed by atoms with Gasteiger partial charge in [-0.1, -0.05) is 127 Å². The highest BCUT2D eigenvalue weighted by Crippen LogP contribution is 2.38. The van der Waals surface area contributed by atoms with Crippen LogP contribution in [0.15, 0.2) is 115 Å². The Morgan fingerprint density at radius 2 is 0.912 bits per heavy atom. The molecule has 1 aromatic heterocycles. The third-order valence-corrected chi connectivity index (χ3v) is 6.33. The number of aromatic nitrogens is 1. The van der Waals surface area contributed by atoms with Crippen LogP contribution in [-0.2, 0) is 0 Å². The molecule has 0 aliphatic heterocycles. The van der Waals surface area contributed by atoms with E-state index in [0.717, 1.165) is 10.9 Å². The predicted molar refractivity (Wildman–Crippen MR) is 147 cm³/mol. The topological polar surface area (TPSA) is 12.9 Å². The third kappa shape index (κ3) is 3.68. The molecule has 0 bridgehead atoms. The van der Waals surface area contributed by atoms with Crippen molar-refractivity contribution in [3.8, 4) is 0 Å². The minimum absolute atomic E-state index is 1.01. The van der Waals surface area contributed by atoms with Crippen LogP contribution in [0.3, 0.4) is 0 Å². The average molecular weight is 434 g/mol. The second kappa shape index (κ2) is 8.80. The first kappa shape index (κ1) is 20.1. The molecule has 160 valence electrons. The Balaban J connectivity index is 1.70. The predicted octanol–water partition coefficient (Wildman–Crippen LogP) is 8.88. The van der Waals surface area contributed by atoms with Gasteiger partial charge in [0.25, 0.3) is 0 Å². The maximum absolute atomic E-state index is 4.83. The minimum Gasteiger partial charge on any atom is -0.256 e. The van der Waals surface area contributed by atoms with Gasteiger partial charge in [-0.25, -0.2) is 0 Å². The summed E-state index contributed by atoms with van der Waals surface area (Å²) in [6.45, 7) is 0. The van der Waals surface area contributed by atoms with Crippen molar-refractivity contribution in [3.63, 3.8) is 0 Å². The highest BCUT2D eigenvalue weighted by molar-refractivity contribution is 6.21. The molecule has 0 unspecified atom stereocenters. The smallest absolute Gasteiger partial charge is 0.0708 e. The molecule has 5 aromatic carbocycles. The Bertz CT molecular complexity index is 1680. The number of pyridine rings is 1. The van der Waals surface area contributed by atoms with E-state index >= 15 is 0 Å². The van der Waals surface area contributed by atoms with Gasteiger partial charge in [0.05, 0.1) is 5.52 Å². The molecule has 0 aliphatic rings. The van der Waals surface area contributed by atoms with E-state index < -0.39 is 0 Å². The fourth-order valence-electron chi connectivity index (χ4n) is 4.71. The number of hydrogen-bond acceptors (Lipinski definition) is 1. The molecule has 1 nitrogen and oxygen atoms in total. The molecule has 1 heterocycles. The van der Waals surface area contributed by atoms with E-state index in [0.29, 0.717) is 0 Å². The maximum atomic E-state index is 4.83. The molecule has 0 amide bonds. The fourth-order valence-corrected chi connectivity index (χ4v) is 4.71. The van der Waals surface area contributed by atoms with Gasteiger partial charge in [0.1, 0.15) is 0 Å². The van der Waals surface area contributed by atoms with Crippen LogP contribution in [0.25, 0.3) is 56.8 Å². The second-order valence-corrected chi connectivity index (χ2v) is 8.42. The van der Waals surface area contributed by atoms with Gasteiger partial charge >= 0.3 is 0 Å². The monoisotopic (exact) mass is 433 g/mol. The first-order chi connectivity index (χ1) is 16.9. The number of hydrogen-bond donors (Lipinski definition) is 0. The van der Waals surface area contributed by atoms with Crippen LogP contribution >= 0.6 is 0 Å². The summed E-state index contributed by atoms with van der Waals surface area (Å²) in [4.78, 5) is 4.83. The maximum Gasteiger partial charge on any atom is 0.0708 e. The molecule has 0 atom stereocenters. The Hall–Kier alpha value is -4.49. The molecule has 0 fully saturated rings. The summed E-state index contributed by atoms with van der Waals surface area (Å²) in [7, 11) is 0. The summed E-state index contributed by atoms with van der Waals surface area (Å²) < 4.78 is 0. The Morgan fingerprint density at radius 3 is 1.56 bits per heavy atom. The standard InChI is InChI=1S/C33H23N/c1-3-11-24(12-4-1)19-21-28-26-15-7-8-16-27(26)29(22-20-25-13-5-2-6-14-25)33-30-17-9-10-18-32(30)34-23-31(28)33/h1-23H. The van der Waals surface area contributed by atoms with Crippen LogP contribution in [0.4, 0.5) is 0 Å². The van der Waals surface area contributed by atoms with Crippen LogP contribution in [0.1, 0.15) is 22.3 Å². The second-order valence-electron chi connectivity index (χ2n) is 8.42. The van der Waals surface area contributed by atoms with Crippen molar-refractivity contribution in [2.45, 2.75) is 0 Å². The van der Waals surface area contributed by atoms with Crippen molar-refractivity contribution in [1.29, 1.82) is 0 Å². The van der Waals surface area contributed by atoms with E-state index in [-0.39, 0.29) is 0 Å². The van der Waals surface area contributed by atoms with Gasteiger partial charge in [-0.2, -0.15) is 0 Å². The normalized spacial score (nSPS) is 11.9. The lowest BCUT2D eigenvalue weighted by atomic mass is 9.89. The summed E-state index contributed by atoms with van der Waals surface area (Å²) in [6, 6.07) is 38.1. The van der Waals surface area contributed by atoms with Crippen LogP contribution in [-0.4, -0.2) is 4.98 Å². The quantitative estimate of drug-likeness (QED) is 0.154.